The topological polar surface area (TPSA) is 62.8 Å². The third-order valence-electron chi connectivity index (χ3n) is 5.36. The number of ether oxygens (including phenoxy) is 2. The van der Waals surface area contributed by atoms with Crippen molar-refractivity contribution in [2.24, 2.45) is 5.92 Å². The van der Waals surface area contributed by atoms with Crippen LogP contribution >= 0.6 is 0 Å². The second kappa shape index (κ2) is 10.5. The molecule has 2 aliphatic rings. The molecule has 3 rings (SSSR count). The molecule has 2 heterocycles. The molecule has 2 aliphatic heterocycles. The summed E-state index contributed by atoms with van der Waals surface area (Å²) in [6, 6.07) is 7.81. The van der Waals surface area contributed by atoms with Crippen LogP contribution in [0, 0.1) is 5.92 Å². The average molecular weight is 376 g/mol. The van der Waals surface area contributed by atoms with Crippen LogP contribution in [0.25, 0.3) is 0 Å². The van der Waals surface area contributed by atoms with Crippen LogP contribution in [0.4, 0.5) is 0 Å². The Morgan fingerprint density at radius 2 is 1.96 bits per heavy atom. The normalized spacial score (nSPS) is 23.1. The molecule has 6 nitrogen and oxygen atoms in total. The maximum absolute atomic E-state index is 12.1. The summed E-state index contributed by atoms with van der Waals surface area (Å²) >= 11 is 0. The molecule has 150 valence electrons. The van der Waals surface area contributed by atoms with Gasteiger partial charge in [-0.2, -0.15) is 0 Å². The summed E-state index contributed by atoms with van der Waals surface area (Å²) in [5, 5.41) is 6.40. The number of nitrogens with one attached hydrogen (secondary N) is 2. The Labute approximate surface area is 162 Å². The van der Waals surface area contributed by atoms with Crippen LogP contribution in [0.2, 0.25) is 0 Å². The predicted molar refractivity (Wildman–Crippen MR) is 106 cm³/mol. The Balaban J connectivity index is 1.33. The zero-order chi connectivity index (χ0) is 18.9. The van der Waals surface area contributed by atoms with Gasteiger partial charge in [0.1, 0.15) is 18.1 Å². The van der Waals surface area contributed by atoms with Gasteiger partial charge in [0.25, 0.3) is 0 Å². The fourth-order valence-electron chi connectivity index (χ4n) is 3.89. The van der Waals surface area contributed by atoms with Crippen molar-refractivity contribution in [1.82, 2.24) is 15.5 Å². The zero-order valence-electron chi connectivity index (χ0n) is 16.4. The first-order valence-corrected chi connectivity index (χ1v) is 10.3. The van der Waals surface area contributed by atoms with E-state index in [0.717, 1.165) is 57.1 Å². The highest BCUT2D eigenvalue weighted by Crippen LogP contribution is 2.19. The van der Waals surface area contributed by atoms with E-state index in [0.29, 0.717) is 19.1 Å². The smallest absolute Gasteiger partial charge is 0.237 e. The minimum Gasteiger partial charge on any atom is -0.494 e. The Morgan fingerprint density at radius 3 is 2.67 bits per heavy atom. The van der Waals surface area contributed by atoms with E-state index in [2.05, 4.69) is 15.5 Å². The SMILES string of the molecule is CCOc1ccc(OCCN2CCCC(CNC(=O)C3CCCN3)C2)cc1. The van der Waals surface area contributed by atoms with Crippen molar-refractivity contribution in [1.29, 1.82) is 0 Å². The molecule has 27 heavy (non-hydrogen) atoms. The molecular weight excluding hydrogens is 342 g/mol. The third-order valence-corrected chi connectivity index (χ3v) is 5.36. The van der Waals surface area contributed by atoms with E-state index in [-0.39, 0.29) is 11.9 Å². The summed E-state index contributed by atoms with van der Waals surface area (Å²) < 4.78 is 11.3. The van der Waals surface area contributed by atoms with Crippen molar-refractivity contribution in [3.8, 4) is 11.5 Å². The van der Waals surface area contributed by atoms with E-state index < -0.39 is 0 Å². The van der Waals surface area contributed by atoms with Gasteiger partial charge in [-0.25, -0.2) is 0 Å². The monoisotopic (exact) mass is 375 g/mol. The Hall–Kier alpha value is -1.79. The number of piperidine rings is 1. The van der Waals surface area contributed by atoms with Crippen molar-refractivity contribution in [2.75, 3.05) is 45.9 Å². The summed E-state index contributed by atoms with van der Waals surface area (Å²) in [4.78, 5) is 14.6. The van der Waals surface area contributed by atoms with Gasteiger partial charge >= 0.3 is 0 Å². The lowest BCUT2D eigenvalue weighted by molar-refractivity contribution is -0.123. The van der Waals surface area contributed by atoms with E-state index in [1.807, 2.05) is 31.2 Å². The number of likely N-dealkylation sites (tertiary alicyclic amines) is 1. The summed E-state index contributed by atoms with van der Waals surface area (Å²) in [5.74, 6) is 2.46. The molecule has 0 spiro atoms. The van der Waals surface area contributed by atoms with Gasteiger partial charge in [-0.3, -0.25) is 9.69 Å². The van der Waals surface area contributed by atoms with Crippen LogP contribution < -0.4 is 20.1 Å². The lowest BCUT2D eigenvalue weighted by Crippen LogP contribution is -2.46. The zero-order valence-corrected chi connectivity index (χ0v) is 16.4. The lowest BCUT2D eigenvalue weighted by Gasteiger charge is -2.32. The number of nitrogens with zero attached hydrogens (tertiary/aromatic N) is 1. The molecule has 2 fully saturated rings. The standard InChI is InChI=1S/C21H33N3O3/c1-2-26-18-7-9-19(10-8-18)27-14-13-24-12-4-5-17(16-24)15-23-21(25)20-6-3-11-22-20/h7-10,17,20,22H,2-6,11-16H2,1H3,(H,23,25). The van der Waals surface area contributed by atoms with Gasteiger partial charge in [-0.15, -0.1) is 0 Å². The largest absolute Gasteiger partial charge is 0.494 e. The van der Waals surface area contributed by atoms with E-state index >= 15 is 0 Å². The molecule has 0 aromatic heterocycles. The number of carbonyl (C=O) groups is 1. The number of amides is 1. The fraction of sp³-hybridized carbons (Fsp3) is 0.667. The van der Waals surface area contributed by atoms with E-state index in [9.17, 15) is 4.79 Å². The molecule has 0 bridgehead atoms. The molecule has 1 aromatic carbocycles. The van der Waals surface area contributed by atoms with Crippen LogP contribution in [0.5, 0.6) is 11.5 Å². The molecule has 1 aromatic rings. The van der Waals surface area contributed by atoms with Crippen molar-refractivity contribution in [2.45, 2.75) is 38.6 Å². The number of rotatable bonds is 9. The van der Waals surface area contributed by atoms with E-state index in [1.165, 1.54) is 12.8 Å². The number of benzene rings is 1. The molecule has 0 saturated carbocycles. The van der Waals surface area contributed by atoms with Crippen LogP contribution in [0.15, 0.2) is 24.3 Å². The van der Waals surface area contributed by atoms with Crippen LogP contribution in [-0.4, -0.2) is 62.8 Å². The third kappa shape index (κ3) is 6.40. The highest BCUT2D eigenvalue weighted by Gasteiger charge is 2.24. The molecule has 2 saturated heterocycles. The first kappa shape index (κ1) is 20.0. The lowest BCUT2D eigenvalue weighted by atomic mass is 9.98. The van der Waals surface area contributed by atoms with Crippen molar-refractivity contribution >= 4 is 5.91 Å². The summed E-state index contributed by atoms with van der Waals surface area (Å²) in [7, 11) is 0. The maximum atomic E-state index is 12.1. The Bertz CT molecular complexity index is 573. The number of hydrogen-bond donors (Lipinski definition) is 2. The van der Waals surface area contributed by atoms with Gasteiger partial charge in [0.05, 0.1) is 12.6 Å². The predicted octanol–water partition coefficient (Wildman–Crippen LogP) is 2.04. The summed E-state index contributed by atoms with van der Waals surface area (Å²) in [6.07, 6.45) is 4.44. The molecule has 2 atom stereocenters. The minimum atomic E-state index is 0.0206. The first-order chi connectivity index (χ1) is 13.2. The van der Waals surface area contributed by atoms with Crippen LogP contribution in [0.1, 0.15) is 32.6 Å². The highest BCUT2D eigenvalue weighted by atomic mass is 16.5. The second-order valence-electron chi connectivity index (χ2n) is 7.46. The van der Waals surface area contributed by atoms with Gasteiger partial charge in [0.2, 0.25) is 5.91 Å². The number of hydrogen-bond acceptors (Lipinski definition) is 5. The van der Waals surface area contributed by atoms with Crippen molar-refractivity contribution < 1.29 is 14.3 Å². The Kier molecular flexibility index (Phi) is 7.78. The van der Waals surface area contributed by atoms with Gasteiger partial charge in [0, 0.05) is 19.6 Å². The number of carbonyl (C=O) groups excluding carboxylic acids is 1. The van der Waals surface area contributed by atoms with Gasteiger partial charge < -0.3 is 20.1 Å². The van der Waals surface area contributed by atoms with Crippen molar-refractivity contribution in [3.63, 3.8) is 0 Å². The van der Waals surface area contributed by atoms with E-state index in [4.69, 9.17) is 9.47 Å². The minimum absolute atomic E-state index is 0.0206. The van der Waals surface area contributed by atoms with Gasteiger partial charge in [-0.05, 0) is 75.9 Å². The van der Waals surface area contributed by atoms with Crippen LogP contribution in [-0.2, 0) is 4.79 Å². The van der Waals surface area contributed by atoms with Crippen LogP contribution in [0.3, 0.4) is 0 Å². The Morgan fingerprint density at radius 1 is 1.19 bits per heavy atom. The highest BCUT2D eigenvalue weighted by molar-refractivity contribution is 5.81. The van der Waals surface area contributed by atoms with Gasteiger partial charge in [-0.1, -0.05) is 0 Å². The second-order valence-corrected chi connectivity index (χ2v) is 7.46. The molecule has 6 heteroatoms. The van der Waals surface area contributed by atoms with Crippen molar-refractivity contribution in [3.05, 3.63) is 24.3 Å². The molecule has 1 amide bonds. The molecule has 2 unspecified atom stereocenters. The maximum Gasteiger partial charge on any atom is 0.237 e. The molecular formula is C21H33N3O3. The fourth-order valence-corrected chi connectivity index (χ4v) is 3.89. The van der Waals surface area contributed by atoms with E-state index in [1.54, 1.807) is 0 Å². The van der Waals surface area contributed by atoms with Gasteiger partial charge in [0.15, 0.2) is 0 Å². The first-order valence-electron chi connectivity index (χ1n) is 10.3. The summed E-state index contributed by atoms with van der Waals surface area (Å²) in [5.41, 5.74) is 0. The average Bonchev–Trinajstić information content (AvgIpc) is 3.23. The molecule has 0 radical (unpaired) electrons. The molecule has 2 N–H and O–H groups in total. The quantitative estimate of drug-likeness (QED) is 0.692. The summed E-state index contributed by atoms with van der Waals surface area (Å²) in [6.45, 7) is 8.14. The molecule has 0 aliphatic carbocycles.